The minimum atomic E-state index is -4.54. The third kappa shape index (κ3) is 4.81. The number of aliphatic imine (C=N–C) groups is 1. The zero-order valence-corrected chi connectivity index (χ0v) is 14.9. The van der Waals surface area contributed by atoms with Crippen LogP contribution in [0.1, 0.15) is 30.5 Å². The lowest BCUT2D eigenvalue weighted by atomic mass is 10.1. The van der Waals surface area contributed by atoms with Gasteiger partial charge in [0.25, 0.3) is 5.69 Å². The SMILES string of the molecule is CC.O=C1OC(c2cccc(C(F)(F)F)c2)=N/C1=C\c1cccc([N+](=O)[O-])c1. The van der Waals surface area contributed by atoms with Gasteiger partial charge in [-0.15, -0.1) is 0 Å². The monoisotopic (exact) mass is 392 g/mol. The van der Waals surface area contributed by atoms with Crippen molar-refractivity contribution in [2.45, 2.75) is 20.0 Å². The van der Waals surface area contributed by atoms with Gasteiger partial charge in [0.1, 0.15) is 0 Å². The number of carbonyl (C=O) groups excluding carboxylic acids is 1. The van der Waals surface area contributed by atoms with E-state index in [0.717, 1.165) is 12.1 Å². The number of cyclic esters (lactones) is 1. The molecule has 0 saturated carbocycles. The van der Waals surface area contributed by atoms with Crippen molar-refractivity contribution in [1.29, 1.82) is 0 Å². The quantitative estimate of drug-likeness (QED) is 0.319. The molecule has 9 heteroatoms. The molecule has 0 atom stereocenters. The number of rotatable bonds is 3. The Balaban J connectivity index is 0.00000136. The number of halogens is 3. The minimum Gasteiger partial charge on any atom is -0.402 e. The van der Waals surface area contributed by atoms with E-state index in [1.165, 1.54) is 42.5 Å². The third-order valence-corrected chi connectivity index (χ3v) is 3.44. The van der Waals surface area contributed by atoms with Crippen LogP contribution in [0.3, 0.4) is 0 Å². The molecule has 0 radical (unpaired) electrons. The summed E-state index contributed by atoms with van der Waals surface area (Å²) in [5.74, 6) is -1.12. The predicted molar refractivity (Wildman–Crippen MR) is 96.5 cm³/mol. The van der Waals surface area contributed by atoms with Crippen LogP contribution >= 0.6 is 0 Å². The van der Waals surface area contributed by atoms with Gasteiger partial charge in [-0.1, -0.05) is 32.0 Å². The van der Waals surface area contributed by atoms with Crippen molar-refractivity contribution in [3.8, 4) is 0 Å². The van der Waals surface area contributed by atoms with Gasteiger partial charge in [0.2, 0.25) is 5.90 Å². The van der Waals surface area contributed by atoms with E-state index < -0.39 is 22.6 Å². The lowest BCUT2D eigenvalue weighted by Gasteiger charge is -2.07. The van der Waals surface area contributed by atoms with E-state index in [1.54, 1.807) is 0 Å². The highest BCUT2D eigenvalue weighted by Crippen LogP contribution is 2.30. The van der Waals surface area contributed by atoms with Crippen LogP contribution in [0.5, 0.6) is 0 Å². The summed E-state index contributed by atoms with van der Waals surface area (Å²) in [6.07, 6.45) is -3.28. The fraction of sp³-hybridized carbons (Fsp3) is 0.158. The molecule has 0 unspecified atom stereocenters. The van der Waals surface area contributed by atoms with E-state index in [0.29, 0.717) is 5.56 Å². The molecule has 0 aliphatic carbocycles. The summed E-state index contributed by atoms with van der Waals surface area (Å²) in [7, 11) is 0. The summed E-state index contributed by atoms with van der Waals surface area (Å²) >= 11 is 0. The van der Waals surface area contributed by atoms with Crippen LogP contribution in [0.2, 0.25) is 0 Å². The Morgan fingerprint density at radius 3 is 2.43 bits per heavy atom. The predicted octanol–water partition coefficient (Wildman–Crippen LogP) is 4.98. The average molecular weight is 392 g/mol. The van der Waals surface area contributed by atoms with Gasteiger partial charge in [-0.25, -0.2) is 9.79 Å². The van der Waals surface area contributed by atoms with Gasteiger partial charge in [0.05, 0.1) is 10.5 Å². The number of benzene rings is 2. The van der Waals surface area contributed by atoms with E-state index >= 15 is 0 Å². The summed E-state index contributed by atoms with van der Waals surface area (Å²) in [6, 6.07) is 9.69. The molecule has 0 aromatic heterocycles. The lowest BCUT2D eigenvalue weighted by molar-refractivity contribution is -0.384. The van der Waals surface area contributed by atoms with E-state index in [9.17, 15) is 28.1 Å². The maximum Gasteiger partial charge on any atom is 0.416 e. The number of esters is 1. The minimum absolute atomic E-state index is 0.00406. The molecule has 3 rings (SSSR count). The van der Waals surface area contributed by atoms with Crippen molar-refractivity contribution in [3.63, 3.8) is 0 Å². The highest BCUT2D eigenvalue weighted by molar-refractivity contribution is 6.12. The zero-order valence-electron chi connectivity index (χ0n) is 14.9. The van der Waals surface area contributed by atoms with Crippen LogP contribution in [0.15, 0.2) is 59.2 Å². The molecule has 1 heterocycles. The average Bonchev–Trinajstić information content (AvgIpc) is 3.03. The Morgan fingerprint density at radius 1 is 1.11 bits per heavy atom. The maximum atomic E-state index is 12.8. The number of ether oxygens (including phenoxy) is 1. The van der Waals surface area contributed by atoms with Gasteiger partial charge in [0.15, 0.2) is 5.70 Å². The number of nitro groups is 1. The molecule has 6 nitrogen and oxygen atoms in total. The number of non-ortho nitro benzene ring substituents is 1. The zero-order chi connectivity index (χ0) is 20.9. The van der Waals surface area contributed by atoms with Crippen LogP contribution in [0.25, 0.3) is 6.08 Å². The van der Waals surface area contributed by atoms with E-state index in [-0.39, 0.29) is 22.8 Å². The number of hydrogen-bond acceptors (Lipinski definition) is 5. The summed E-state index contributed by atoms with van der Waals surface area (Å²) in [6.45, 7) is 4.00. The van der Waals surface area contributed by atoms with Crippen molar-refractivity contribution < 1.29 is 27.6 Å². The number of nitrogens with zero attached hydrogens (tertiary/aromatic N) is 2. The van der Waals surface area contributed by atoms with Crippen molar-refractivity contribution in [1.82, 2.24) is 0 Å². The first-order chi connectivity index (χ1) is 13.2. The summed E-state index contributed by atoms with van der Waals surface area (Å²) < 4.78 is 43.3. The Labute approximate surface area is 158 Å². The van der Waals surface area contributed by atoms with Gasteiger partial charge in [-0.05, 0) is 29.8 Å². The Bertz CT molecular complexity index is 966. The molecule has 0 amide bonds. The largest absolute Gasteiger partial charge is 0.416 e. The van der Waals surface area contributed by atoms with Crippen molar-refractivity contribution in [2.24, 2.45) is 4.99 Å². The van der Waals surface area contributed by atoms with Crippen LogP contribution in [-0.4, -0.2) is 16.8 Å². The van der Waals surface area contributed by atoms with Gasteiger partial charge >= 0.3 is 12.1 Å². The third-order valence-electron chi connectivity index (χ3n) is 3.44. The van der Waals surface area contributed by atoms with Crippen molar-refractivity contribution >= 4 is 23.6 Å². The van der Waals surface area contributed by atoms with Gasteiger partial charge in [-0.2, -0.15) is 13.2 Å². The second-order valence-corrected chi connectivity index (χ2v) is 5.27. The second-order valence-electron chi connectivity index (χ2n) is 5.27. The molecule has 2 aromatic carbocycles. The summed E-state index contributed by atoms with van der Waals surface area (Å²) in [5, 5.41) is 10.8. The maximum absolute atomic E-state index is 12.8. The molecule has 2 aromatic rings. The van der Waals surface area contributed by atoms with Gasteiger partial charge in [-0.3, -0.25) is 10.1 Å². The molecular formula is C19H15F3N2O4. The molecule has 0 spiro atoms. The Morgan fingerprint density at radius 2 is 1.79 bits per heavy atom. The van der Waals surface area contributed by atoms with Crippen molar-refractivity contribution in [2.75, 3.05) is 0 Å². The highest BCUT2D eigenvalue weighted by Gasteiger charge is 2.32. The first kappa shape index (κ1) is 20.8. The molecule has 28 heavy (non-hydrogen) atoms. The smallest absolute Gasteiger partial charge is 0.402 e. The first-order valence-electron chi connectivity index (χ1n) is 8.19. The Hall–Kier alpha value is -3.49. The van der Waals surface area contributed by atoms with E-state index in [1.807, 2.05) is 13.8 Å². The summed E-state index contributed by atoms with van der Waals surface area (Å²) in [4.78, 5) is 26.0. The van der Waals surface area contributed by atoms with Crippen LogP contribution in [0, 0.1) is 10.1 Å². The van der Waals surface area contributed by atoms with E-state index in [4.69, 9.17) is 4.74 Å². The molecular weight excluding hydrogens is 377 g/mol. The highest BCUT2D eigenvalue weighted by atomic mass is 19.4. The molecule has 1 aliphatic heterocycles. The van der Waals surface area contributed by atoms with Crippen LogP contribution < -0.4 is 0 Å². The number of hydrogen-bond donors (Lipinski definition) is 0. The standard InChI is InChI=1S/C17H9F3N2O4.C2H6/c18-17(19,20)12-5-2-4-11(9-12)15-21-14(16(23)26-15)8-10-3-1-6-13(7-10)22(24)25;1-2/h1-9H;1-2H3/b14-8-;. The molecule has 0 fully saturated rings. The second kappa shape index (κ2) is 8.47. The fourth-order valence-electron chi connectivity index (χ4n) is 2.25. The first-order valence-corrected chi connectivity index (χ1v) is 8.19. The number of nitro benzene ring substituents is 1. The Kier molecular flexibility index (Phi) is 6.29. The fourth-order valence-corrected chi connectivity index (χ4v) is 2.25. The number of carbonyl (C=O) groups is 1. The number of alkyl halides is 3. The van der Waals surface area contributed by atoms with Crippen LogP contribution in [-0.2, 0) is 15.7 Å². The molecule has 0 bridgehead atoms. The molecule has 1 aliphatic rings. The van der Waals surface area contributed by atoms with Gasteiger partial charge < -0.3 is 4.74 Å². The van der Waals surface area contributed by atoms with E-state index in [2.05, 4.69) is 4.99 Å². The molecule has 0 N–H and O–H groups in total. The van der Waals surface area contributed by atoms with Crippen LogP contribution in [0.4, 0.5) is 18.9 Å². The normalized spacial score (nSPS) is 14.8. The topological polar surface area (TPSA) is 81.8 Å². The summed E-state index contributed by atoms with van der Waals surface area (Å²) in [5.41, 5.74) is -0.911. The molecule has 146 valence electrons. The lowest BCUT2D eigenvalue weighted by Crippen LogP contribution is -2.09. The van der Waals surface area contributed by atoms with Gasteiger partial charge in [0, 0.05) is 17.7 Å². The molecule has 0 saturated heterocycles. The van der Waals surface area contributed by atoms with Crippen molar-refractivity contribution in [3.05, 3.63) is 81.0 Å².